The van der Waals surface area contributed by atoms with E-state index in [1.807, 2.05) is 24.3 Å². The molecule has 0 aliphatic carbocycles. The third kappa shape index (κ3) is 3.09. The van der Waals surface area contributed by atoms with Crippen LogP contribution in [0.2, 0.25) is 10.0 Å². The zero-order valence-electron chi connectivity index (χ0n) is 15.6. The minimum Gasteiger partial charge on any atom is -0.450 e. The van der Waals surface area contributed by atoms with Crippen LogP contribution in [0.25, 0.3) is 11.0 Å². The summed E-state index contributed by atoms with van der Waals surface area (Å²) in [7, 11) is 0. The normalized spacial score (nSPS) is 15.6. The number of hydrogen-bond donors (Lipinski definition) is 0. The van der Waals surface area contributed by atoms with Gasteiger partial charge in [-0.2, -0.15) is 0 Å². The molecule has 0 radical (unpaired) electrons. The van der Waals surface area contributed by atoms with Gasteiger partial charge in [0.2, 0.25) is 5.76 Å². The van der Waals surface area contributed by atoms with Gasteiger partial charge in [-0.3, -0.25) is 9.59 Å². The van der Waals surface area contributed by atoms with Gasteiger partial charge in [-0.1, -0.05) is 59.6 Å². The highest BCUT2D eigenvalue weighted by Crippen LogP contribution is 2.39. The molecule has 30 heavy (non-hydrogen) atoms. The smallest absolute Gasteiger partial charge is 0.291 e. The molecule has 1 atom stereocenters. The Morgan fingerprint density at radius 2 is 1.63 bits per heavy atom. The van der Waals surface area contributed by atoms with Gasteiger partial charge in [-0.05, 0) is 47.5 Å². The van der Waals surface area contributed by atoms with E-state index in [1.165, 1.54) is 0 Å². The van der Waals surface area contributed by atoms with Gasteiger partial charge >= 0.3 is 0 Å². The summed E-state index contributed by atoms with van der Waals surface area (Å²) < 4.78 is 5.92. The summed E-state index contributed by atoms with van der Waals surface area (Å²) in [5, 5.41) is 1.60. The topological polar surface area (TPSA) is 50.5 Å². The van der Waals surface area contributed by atoms with Crippen molar-refractivity contribution >= 4 is 40.1 Å². The van der Waals surface area contributed by atoms with E-state index < -0.39 is 6.04 Å². The molecule has 5 rings (SSSR count). The van der Waals surface area contributed by atoms with Crippen LogP contribution in [0.5, 0.6) is 0 Å². The Balaban J connectivity index is 1.72. The molecule has 4 aromatic rings. The van der Waals surface area contributed by atoms with E-state index in [1.54, 1.807) is 53.4 Å². The molecule has 1 aliphatic rings. The molecule has 1 unspecified atom stereocenters. The summed E-state index contributed by atoms with van der Waals surface area (Å²) in [5.41, 5.74) is 2.18. The number of benzene rings is 3. The van der Waals surface area contributed by atoms with Crippen LogP contribution in [-0.4, -0.2) is 10.8 Å². The molecule has 0 bridgehead atoms. The average molecular weight is 436 g/mol. The largest absolute Gasteiger partial charge is 0.450 e. The van der Waals surface area contributed by atoms with Crippen molar-refractivity contribution in [1.29, 1.82) is 0 Å². The average Bonchev–Trinajstić information content (AvgIpc) is 3.02. The first kappa shape index (κ1) is 18.9. The zero-order chi connectivity index (χ0) is 20.8. The Morgan fingerprint density at radius 3 is 2.40 bits per heavy atom. The first-order chi connectivity index (χ1) is 14.5. The van der Waals surface area contributed by atoms with Crippen LogP contribution in [0, 0.1) is 0 Å². The molecule has 0 N–H and O–H groups in total. The van der Waals surface area contributed by atoms with Crippen molar-refractivity contribution in [2.45, 2.75) is 12.6 Å². The molecule has 2 heterocycles. The Bertz CT molecular complexity index is 1340. The Hall–Kier alpha value is -3.08. The molecule has 1 amide bonds. The number of amides is 1. The number of para-hydroxylation sites is 1. The first-order valence-corrected chi connectivity index (χ1v) is 10.1. The number of carbonyl (C=O) groups excluding carboxylic acids is 1. The molecular formula is C24H15Cl2NO3. The van der Waals surface area contributed by atoms with Crippen LogP contribution in [0.4, 0.5) is 0 Å². The van der Waals surface area contributed by atoms with E-state index in [0.717, 1.165) is 11.1 Å². The summed E-state index contributed by atoms with van der Waals surface area (Å²) in [6.45, 7) is 0.299. The van der Waals surface area contributed by atoms with E-state index in [2.05, 4.69) is 0 Å². The van der Waals surface area contributed by atoms with Gasteiger partial charge in [0, 0.05) is 16.6 Å². The van der Waals surface area contributed by atoms with E-state index >= 15 is 0 Å². The number of carbonyl (C=O) groups is 1. The third-order valence-electron chi connectivity index (χ3n) is 5.30. The van der Waals surface area contributed by atoms with Crippen LogP contribution in [0.3, 0.4) is 0 Å². The SMILES string of the molecule is O=C1c2oc3ccccc3c(=O)c2C(c2cccc(Cl)c2)N1Cc1ccc(Cl)cc1. The molecule has 6 heteroatoms. The van der Waals surface area contributed by atoms with Gasteiger partial charge in [0.25, 0.3) is 5.91 Å². The lowest BCUT2D eigenvalue weighted by molar-refractivity contribution is 0.0714. The van der Waals surface area contributed by atoms with Gasteiger partial charge in [-0.15, -0.1) is 0 Å². The molecular weight excluding hydrogens is 421 g/mol. The molecule has 0 fully saturated rings. The lowest BCUT2D eigenvalue weighted by Crippen LogP contribution is -2.29. The minimum atomic E-state index is -0.595. The summed E-state index contributed by atoms with van der Waals surface area (Å²) >= 11 is 12.2. The monoisotopic (exact) mass is 435 g/mol. The predicted octanol–water partition coefficient (Wildman–Crippen LogP) is 5.85. The Labute approximate surface area is 182 Å². The minimum absolute atomic E-state index is 0.0811. The van der Waals surface area contributed by atoms with Crippen molar-refractivity contribution in [1.82, 2.24) is 4.90 Å². The molecule has 0 saturated carbocycles. The molecule has 3 aromatic carbocycles. The molecule has 148 valence electrons. The van der Waals surface area contributed by atoms with Crippen LogP contribution in [-0.2, 0) is 6.54 Å². The summed E-state index contributed by atoms with van der Waals surface area (Å²) in [6, 6.07) is 20.8. The van der Waals surface area contributed by atoms with E-state index in [0.29, 0.717) is 33.1 Å². The fourth-order valence-corrected chi connectivity index (χ4v) is 4.26. The molecule has 4 nitrogen and oxygen atoms in total. The zero-order valence-corrected chi connectivity index (χ0v) is 17.2. The van der Waals surface area contributed by atoms with Gasteiger partial charge in [-0.25, -0.2) is 0 Å². The van der Waals surface area contributed by atoms with Crippen molar-refractivity contribution < 1.29 is 9.21 Å². The maximum atomic E-state index is 13.4. The number of halogens is 2. The first-order valence-electron chi connectivity index (χ1n) is 9.39. The fraction of sp³-hybridized carbons (Fsp3) is 0.0833. The van der Waals surface area contributed by atoms with Gasteiger partial charge in [0.15, 0.2) is 5.43 Å². The standard InChI is InChI=1S/C24H15Cl2NO3/c25-16-10-8-14(9-11-16)13-27-21(15-4-3-5-17(26)12-15)20-22(28)18-6-1-2-7-19(18)30-23(20)24(27)29/h1-12,21H,13H2. The number of rotatable bonds is 3. The van der Waals surface area contributed by atoms with Gasteiger partial charge in [0.1, 0.15) is 5.58 Å². The predicted molar refractivity (Wildman–Crippen MR) is 117 cm³/mol. The highest BCUT2D eigenvalue weighted by Gasteiger charge is 2.42. The number of fused-ring (bicyclic) bond motifs is 2. The number of hydrogen-bond acceptors (Lipinski definition) is 3. The Morgan fingerprint density at radius 1 is 0.867 bits per heavy atom. The lowest BCUT2D eigenvalue weighted by atomic mass is 9.98. The van der Waals surface area contributed by atoms with Crippen molar-refractivity contribution in [3.63, 3.8) is 0 Å². The lowest BCUT2D eigenvalue weighted by Gasteiger charge is -2.25. The van der Waals surface area contributed by atoms with Crippen molar-refractivity contribution in [2.24, 2.45) is 0 Å². The molecule has 1 aromatic heterocycles. The highest BCUT2D eigenvalue weighted by molar-refractivity contribution is 6.30. The second kappa shape index (κ2) is 7.31. The number of nitrogens with zero attached hydrogens (tertiary/aromatic N) is 1. The maximum absolute atomic E-state index is 13.4. The van der Waals surface area contributed by atoms with Crippen LogP contribution in [0.15, 0.2) is 82.0 Å². The fourth-order valence-electron chi connectivity index (χ4n) is 3.94. The molecule has 0 saturated heterocycles. The summed E-state index contributed by atoms with van der Waals surface area (Å²) in [5.74, 6) is -0.245. The van der Waals surface area contributed by atoms with Crippen LogP contribution >= 0.6 is 23.2 Å². The second-order valence-corrected chi connectivity index (χ2v) is 8.06. The van der Waals surface area contributed by atoms with E-state index in [9.17, 15) is 9.59 Å². The molecule has 0 spiro atoms. The second-order valence-electron chi connectivity index (χ2n) is 7.19. The van der Waals surface area contributed by atoms with E-state index in [-0.39, 0.29) is 17.1 Å². The molecule has 1 aliphatic heterocycles. The quantitative estimate of drug-likeness (QED) is 0.405. The van der Waals surface area contributed by atoms with Crippen LogP contribution < -0.4 is 5.43 Å². The maximum Gasteiger partial charge on any atom is 0.291 e. The van der Waals surface area contributed by atoms with Crippen LogP contribution in [0.1, 0.15) is 33.3 Å². The summed E-state index contributed by atoms with van der Waals surface area (Å²) in [4.78, 5) is 28.4. The van der Waals surface area contributed by atoms with E-state index in [4.69, 9.17) is 27.6 Å². The summed E-state index contributed by atoms with van der Waals surface area (Å²) in [6.07, 6.45) is 0. The highest BCUT2D eigenvalue weighted by atomic mass is 35.5. The van der Waals surface area contributed by atoms with Crippen molar-refractivity contribution in [3.8, 4) is 0 Å². The van der Waals surface area contributed by atoms with Crippen molar-refractivity contribution in [3.05, 3.63) is 116 Å². The third-order valence-corrected chi connectivity index (χ3v) is 5.79. The van der Waals surface area contributed by atoms with Gasteiger partial charge in [0.05, 0.1) is 17.0 Å². The van der Waals surface area contributed by atoms with Crippen molar-refractivity contribution in [2.75, 3.05) is 0 Å². The van der Waals surface area contributed by atoms with Gasteiger partial charge < -0.3 is 9.32 Å². The Kier molecular flexibility index (Phi) is 4.61.